The molecule has 3 N–H and O–H groups in total. The molecule has 0 spiro atoms. The Bertz CT molecular complexity index is 453. The minimum Gasteiger partial charge on any atom is -0.478 e. The summed E-state index contributed by atoms with van der Waals surface area (Å²) in [5.74, 6) is -2.52. The molecule has 0 atom stereocenters. The summed E-state index contributed by atoms with van der Waals surface area (Å²) >= 11 is 0. The summed E-state index contributed by atoms with van der Waals surface area (Å²) in [6, 6.07) is 2.53. The molecular weight excluding hydrogens is 254 g/mol. The van der Waals surface area contributed by atoms with E-state index < -0.39 is 17.4 Å². The van der Waals surface area contributed by atoms with E-state index in [1.807, 2.05) is 0 Å². The van der Waals surface area contributed by atoms with Crippen LogP contribution < -0.4 is 15.8 Å². The van der Waals surface area contributed by atoms with Crippen molar-refractivity contribution in [1.82, 2.24) is 5.32 Å². The second-order valence-corrected chi connectivity index (χ2v) is 4.56. The number of nitrogens with one attached hydrogen (secondary N) is 1. The number of ether oxygens (including phenoxy) is 1. The molecule has 0 saturated heterocycles. The molecule has 0 bridgehead atoms. The van der Waals surface area contributed by atoms with E-state index in [1.165, 1.54) is 12.1 Å². The molecule has 0 aromatic heterocycles. The Morgan fingerprint density at radius 1 is 1.37 bits per heavy atom. The Hall–Kier alpha value is -1.69. The number of nitrogens with two attached hydrogens (primary N) is 1. The summed E-state index contributed by atoms with van der Waals surface area (Å²) in [6.45, 7) is -0.0799. The summed E-state index contributed by atoms with van der Waals surface area (Å²) in [7, 11) is 0. The maximum absolute atomic E-state index is 13.6. The van der Waals surface area contributed by atoms with Gasteiger partial charge in [0.2, 0.25) is 0 Å². The first-order valence-corrected chi connectivity index (χ1v) is 6.20. The van der Waals surface area contributed by atoms with Gasteiger partial charge in [0, 0.05) is 6.04 Å². The summed E-state index contributed by atoms with van der Waals surface area (Å²) in [5, 5.41) is 2.67. The van der Waals surface area contributed by atoms with E-state index >= 15 is 0 Å². The van der Waals surface area contributed by atoms with Crippen LogP contribution >= 0.6 is 0 Å². The Balaban J connectivity index is 1.96. The normalized spacial score (nSPS) is 14.3. The van der Waals surface area contributed by atoms with Gasteiger partial charge in [0.05, 0.1) is 0 Å². The van der Waals surface area contributed by atoms with Crippen molar-refractivity contribution in [3.8, 4) is 5.75 Å². The van der Waals surface area contributed by atoms with E-state index in [4.69, 9.17) is 10.5 Å². The van der Waals surface area contributed by atoms with Gasteiger partial charge < -0.3 is 15.8 Å². The van der Waals surface area contributed by atoms with E-state index in [9.17, 15) is 13.6 Å². The Morgan fingerprint density at radius 3 is 2.53 bits per heavy atom. The van der Waals surface area contributed by atoms with Crippen LogP contribution in [0.3, 0.4) is 0 Å². The minimum absolute atomic E-state index is 0.192. The van der Waals surface area contributed by atoms with Gasteiger partial charge in [0.15, 0.2) is 24.0 Å². The SMILES string of the molecule is NCCc1cc(F)c(OCC(=O)NC2CC2)c(F)c1. The van der Waals surface area contributed by atoms with Crippen molar-refractivity contribution in [3.63, 3.8) is 0 Å². The highest BCUT2D eigenvalue weighted by Gasteiger charge is 2.23. The van der Waals surface area contributed by atoms with Gasteiger partial charge >= 0.3 is 0 Å². The molecule has 1 aromatic carbocycles. The molecule has 4 nitrogen and oxygen atoms in total. The fourth-order valence-electron chi connectivity index (χ4n) is 1.70. The molecule has 1 saturated carbocycles. The third kappa shape index (κ3) is 3.89. The molecule has 1 aliphatic rings. The minimum atomic E-state index is -0.817. The van der Waals surface area contributed by atoms with Crippen molar-refractivity contribution in [3.05, 3.63) is 29.3 Å². The van der Waals surface area contributed by atoms with Crippen molar-refractivity contribution >= 4 is 5.91 Å². The second kappa shape index (κ2) is 5.97. The summed E-state index contributed by atoms with van der Waals surface area (Å²) < 4.78 is 32.1. The van der Waals surface area contributed by atoms with Gasteiger partial charge in [-0.05, 0) is 43.5 Å². The van der Waals surface area contributed by atoms with Gasteiger partial charge in [-0.2, -0.15) is 0 Å². The first-order valence-electron chi connectivity index (χ1n) is 6.20. The zero-order valence-electron chi connectivity index (χ0n) is 10.4. The molecule has 2 rings (SSSR count). The predicted octanol–water partition coefficient (Wildman–Crippen LogP) is 1.12. The number of carbonyl (C=O) groups is 1. The van der Waals surface area contributed by atoms with Crippen LogP contribution in [0.2, 0.25) is 0 Å². The monoisotopic (exact) mass is 270 g/mol. The van der Waals surface area contributed by atoms with E-state index in [1.54, 1.807) is 0 Å². The van der Waals surface area contributed by atoms with Crippen molar-refractivity contribution in [1.29, 1.82) is 0 Å². The molecule has 19 heavy (non-hydrogen) atoms. The molecule has 1 amide bonds. The lowest BCUT2D eigenvalue weighted by Gasteiger charge is -2.10. The van der Waals surface area contributed by atoms with Crippen LogP contribution in [0.15, 0.2) is 12.1 Å². The van der Waals surface area contributed by atoms with Crippen molar-refractivity contribution < 1.29 is 18.3 Å². The summed E-state index contributed by atoms with van der Waals surface area (Å²) in [5.41, 5.74) is 5.79. The fraction of sp³-hybridized carbons (Fsp3) is 0.462. The zero-order chi connectivity index (χ0) is 13.8. The topological polar surface area (TPSA) is 64.3 Å². The van der Waals surface area contributed by atoms with Gasteiger partial charge in [0.25, 0.3) is 5.91 Å². The molecule has 0 radical (unpaired) electrons. The number of rotatable bonds is 6. The lowest BCUT2D eigenvalue weighted by molar-refractivity contribution is -0.123. The lowest BCUT2D eigenvalue weighted by atomic mass is 10.1. The van der Waals surface area contributed by atoms with Gasteiger partial charge in [-0.3, -0.25) is 4.79 Å². The van der Waals surface area contributed by atoms with Gasteiger partial charge in [-0.25, -0.2) is 8.78 Å². The van der Waals surface area contributed by atoms with Crippen LogP contribution in [-0.2, 0) is 11.2 Å². The quantitative estimate of drug-likeness (QED) is 0.814. The largest absolute Gasteiger partial charge is 0.478 e. The third-order valence-corrected chi connectivity index (χ3v) is 2.78. The fourth-order valence-corrected chi connectivity index (χ4v) is 1.70. The van der Waals surface area contributed by atoms with Gasteiger partial charge in [0.1, 0.15) is 0 Å². The number of hydrogen-bond acceptors (Lipinski definition) is 3. The molecule has 6 heteroatoms. The number of benzene rings is 1. The average molecular weight is 270 g/mol. The predicted molar refractivity (Wildman–Crippen MR) is 65.8 cm³/mol. The second-order valence-electron chi connectivity index (χ2n) is 4.56. The Labute approximate surface area is 109 Å². The molecule has 1 fully saturated rings. The Kier molecular flexibility index (Phi) is 4.31. The van der Waals surface area contributed by atoms with Crippen LogP contribution in [0.4, 0.5) is 8.78 Å². The van der Waals surface area contributed by atoms with Crippen LogP contribution in [0, 0.1) is 11.6 Å². The van der Waals surface area contributed by atoms with E-state index in [2.05, 4.69) is 5.32 Å². The van der Waals surface area contributed by atoms with E-state index in [0.29, 0.717) is 18.5 Å². The highest BCUT2D eigenvalue weighted by Crippen LogP contribution is 2.23. The smallest absolute Gasteiger partial charge is 0.258 e. The van der Waals surface area contributed by atoms with Gasteiger partial charge in [-0.15, -0.1) is 0 Å². The number of amides is 1. The first-order chi connectivity index (χ1) is 9.10. The van der Waals surface area contributed by atoms with E-state index in [-0.39, 0.29) is 18.6 Å². The highest BCUT2D eigenvalue weighted by molar-refractivity contribution is 5.78. The van der Waals surface area contributed by atoms with Crippen LogP contribution in [0.5, 0.6) is 5.75 Å². The van der Waals surface area contributed by atoms with Crippen LogP contribution in [0.1, 0.15) is 18.4 Å². The number of carbonyl (C=O) groups excluding carboxylic acids is 1. The maximum atomic E-state index is 13.6. The van der Waals surface area contributed by atoms with Crippen LogP contribution in [-0.4, -0.2) is 25.1 Å². The Morgan fingerprint density at radius 2 is 2.00 bits per heavy atom. The lowest BCUT2D eigenvalue weighted by Crippen LogP contribution is -2.30. The molecule has 1 aliphatic carbocycles. The molecule has 104 valence electrons. The number of hydrogen-bond donors (Lipinski definition) is 2. The average Bonchev–Trinajstić information content (AvgIpc) is 3.12. The number of halogens is 2. The molecular formula is C13H16F2N2O2. The highest BCUT2D eigenvalue weighted by atomic mass is 19.1. The molecule has 0 unspecified atom stereocenters. The van der Waals surface area contributed by atoms with Crippen molar-refractivity contribution in [2.75, 3.05) is 13.2 Å². The maximum Gasteiger partial charge on any atom is 0.258 e. The third-order valence-electron chi connectivity index (χ3n) is 2.78. The molecule has 1 aromatic rings. The van der Waals surface area contributed by atoms with E-state index in [0.717, 1.165) is 12.8 Å². The standard InChI is InChI=1S/C13H16F2N2O2/c14-10-5-8(3-4-16)6-11(15)13(10)19-7-12(18)17-9-1-2-9/h5-6,9H,1-4,7,16H2,(H,17,18). The first kappa shape index (κ1) is 13.7. The van der Waals surface area contributed by atoms with Gasteiger partial charge in [-0.1, -0.05) is 0 Å². The van der Waals surface area contributed by atoms with Crippen molar-refractivity contribution in [2.24, 2.45) is 5.73 Å². The molecule has 0 aliphatic heterocycles. The summed E-state index contributed by atoms with van der Waals surface area (Å²) in [6.07, 6.45) is 2.28. The van der Waals surface area contributed by atoms with Crippen molar-refractivity contribution in [2.45, 2.75) is 25.3 Å². The molecule has 0 heterocycles. The zero-order valence-corrected chi connectivity index (χ0v) is 10.4. The van der Waals surface area contributed by atoms with Crippen LogP contribution in [0.25, 0.3) is 0 Å². The summed E-state index contributed by atoms with van der Waals surface area (Å²) in [4.78, 5) is 11.4.